The molecule has 0 aromatic heterocycles. The van der Waals surface area contributed by atoms with Crippen LogP contribution in [0.4, 0.5) is 5.69 Å². The molecule has 8 heteroatoms. The predicted octanol–water partition coefficient (Wildman–Crippen LogP) is 5.04. The van der Waals surface area contributed by atoms with Gasteiger partial charge in [0.05, 0.1) is 18.2 Å². The molecule has 1 aliphatic carbocycles. The summed E-state index contributed by atoms with van der Waals surface area (Å²) in [5.74, 6) is 0.675. The van der Waals surface area contributed by atoms with Crippen molar-refractivity contribution >= 4 is 38.6 Å². The number of amides is 1. The smallest absolute Gasteiger partial charge is 0.263 e. The number of carbonyl (C=O) groups excluding carboxylic acids is 1. The van der Waals surface area contributed by atoms with E-state index >= 15 is 0 Å². The van der Waals surface area contributed by atoms with Crippen molar-refractivity contribution in [2.75, 3.05) is 10.6 Å². The van der Waals surface area contributed by atoms with Crippen LogP contribution in [0.1, 0.15) is 23.6 Å². The standard InChI is InChI=1S/C29H27N3O4S/c1-20(29(33)31-30-19-23-14-13-22-12-11-21-7-6-10-27(23)28(21)22)32(37(2,34)35)24-15-17-26(18-16-24)36-25-8-4-3-5-9-25/h3-10,13-20H,11-12H2,1-2H3,(H,31,33)/b30-19-/t20-/m0/s1. The van der Waals surface area contributed by atoms with Crippen molar-refractivity contribution in [2.45, 2.75) is 25.8 Å². The number of benzene rings is 4. The Morgan fingerprint density at radius 2 is 1.59 bits per heavy atom. The van der Waals surface area contributed by atoms with Gasteiger partial charge in [0.25, 0.3) is 5.91 Å². The van der Waals surface area contributed by atoms with Gasteiger partial charge in [-0.05, 0) is 78.1 Å². The van der Waals surface area contributed by atoms with Crippen LogP contribution in [0.5, 0.6) is 11.5 Å². The Bertz CT molecular complexity index is 1570. The average molecular weight is 514 g/mol. The molecule has 37 heavy (non-hydrogen) atoms. The largest absolute Gasteiger partial charge is 0.457 e. The van der Waals surface area contributed by atoms with E-state index in [9.17, 15) is 13.2 Å². The Morgan fingerprint density at radius 3 is 2.30 bits per heavy atom. The summed E-state index contributed by atoms with van der Waals surface area (Å²) in [6, 6.07) is 25.1. The lowest BCUT2D eigenvalue weighted by atomic mass is 10.0. The second-order valence-electron chi connectivity index (χ2n) is 9.03. The van der Waals surface area contributed by atoms with Gasteiger partial charge in [0, 0.05) is 5.56 Å². The molecule has 188 valence electrons. The van der Waals surface area contributed by atoms with Gasteiger partial charge in [-0.25, -0.2) is 13.8 Å². The fraction of sp³-hybridized carbons (Fsp3) is 0.172. The zero-order chi connectivity index (χ0) is 26.0. The minimum absolute atomic E-state index is 0.349. The summed E-state index contributed by atoms with van der Waals surface area (Å²) in [5.41, 5.74) is 6.40. The molecule has 1 atom stereocenters. The number of anilines is 1. The number of carbonyl (C=O) groups is 1. The first-order valence-corrected chi connectivity index (χ1v) is 13.8. The summed E-state index contributed by atoms with van der Waals surface area (Å²) in [6.45, 7) is 1.53. The van der Waals surface area contributed by atoms with Crippen LogP contribution < -0.4 is 14.5 Å². The molecule has 0 fully saturated rings. The Balaban J connectivity index is 1.31. The quantitative estimate of drug-likeness (QED) is 0.264. The number of rotatable bonds is 8. The number of hydrogen-bond donors (Lipinski definition) is 1. The molecule has 1 N–H and O–H groups in total. The monoisotopic (exact) mass is 513 g/mol. The third-order valence-electron chi connectivity index (χ3n) is 6.45. The van der Waals surface area contributed by atoms with E-state index in [1.807, 2.05) is 42.5 Å². The summed E-state index contributed by atoms with van der Waals surface area (Å²) >= 11 is 0. The maximum Gasteiger partial charge on any atom is 0.263 e. The lowest BCUT2D eigenvalue weighted by Gasteiger charge is -2.27. The molecule has 0 saturated carbocycles. The van der Waals surface area contributed by atoms with Crippen LogP contribution in [0.15, 0.2) is 90.0 Å². The topological polar surface area (TPSA) is 88.1 Å². The number of nitrogens with one attached hydrogen (secondary N) is 1. The Kier molecular flexibility index (Phi) is 6.67. The minimum Gasteiger partial charge on any atom is -0.457 e. The van der Waals surface area contributed by atoms with Gasteiger partial charge in [-0.3, -0.25) is 9.10 Å². The maximum atomic E-state index is 12.9. The first-order valence-electron chi connectivity index (χ1n) is 12.0. The van der Waals surface area contributed by atoms with Crippen LogP contribution in [0.2, 0.25) is 0 Å². The van der Waals surface area contributed by atoms with Crippen LogP contribution in [0.25, 0.3) is 10.8 Å². The lowest BCUT2D eigenvalue weighted by Crippen LogP contribution is -2.46. The molecule has 5 rings (SSSR count). The van der Waals surface area contributed by atoms with Gasteiger partial charge < -0.3 is 4.74 Å². The molecule has 0 unspecified atom stereocenters. The number of hydrogen-bond acceptors (Lipinski definition) is 5. The highest BCUT2D eigenvalue weighted by molar-refractivity contribution is 7.92. The first-order chi connectivity index (χ1) is 17.8. The van der Waals surface area contributed by atoms with Crippen molar-refractivity contribution in [3.63, 3.8) is 0 Å². The molecular weight excluding hydrogens is 486 g/mol. The van der Waals surface area contributed by atoms with E-state index < -0.39 is 22.0 Å². The molecular formula is C29H27N3O4S. The van der Waals surface area contributed by atoms with Crippen LogP contribution in [-0.4, -0.2) is 32.8 Å². The van der Waals surface area contributed by atoms with E-state index in [2.05, 4.69) is 28.7 Å². The van der Waals surface area contributed by atoms with Crippen molar-refractivity contribution in [1.29, 1.82) is 0 Å². The number of ether oxygens (including phenoxy) is 1. The molecule has 4 aromatic rings. The Morgan fingerprint density at radius 1 is 0.919 bits per heavy atom. The van der Waals surface area contributed by atoms with Gasteiger partial charge in [0.2, 0.25) is 10.0 Å². The molecule has 4 aromatic carbocycles. The fourth-order valence-corrected chi connectivity index (χ4v) is 5.91. The minimum atomic E-state index is -3.76. The normalized spacial score (nSPS) is 13.6. The highest BCUT2D eigenvalue weighted by Crippen LogP contribution is 2.32. The number of para-hydroxylation sites is 1. The summed E-state index contributed by atoms with van der Waals surface area (Å²) in [4.78, 5) is 12.9. The Hall–Kier alpha value is -4.17. The highest BCUT2D eigenvalue weighted by Gasteiger charge is 2.29. The molecule has 1 aliphatic rings. The summed E-state index contributed by atoms with van der Waals surface area (Å²) in [6.07, 6.45) is 4.73. The van der Waals surface area contributed by atoms with Crippen LogP contribution >= 0.6 is 0 Å². The van der Waals surface area contributed by atoms with E-state index in [1.54, 1.807) is 30.5 Å². The molecule has 0 spiro atoms. The fourth-order valence-electron chi connectivity index (χ4n) is 4.74. The van der Waals surface area contributed by atoms with Crippen LogP contribution in [-0.2, 0) is 27.7 Å². The number of hydrazone groups is 1. The zero-order valence-electron chi connectivity index (χ0n) is 20.6. The molecule has 7 nitrogen and oxygen atoms in total. The van der Waals surface area contributed by atoms with Crippen molar-refractivity contribution in [3.05, 3.63) is 102 Å². The number of sulfonamides is 1. The third-order valence-corrected chi connectivity index (χ3v) is 7.69. The average Bonchev–Trinajstić information content (AvgIpc) is 3.31. The van der Waals surface area contributed by atoms with Gasteiger partial charge in [0.1, 0.15) is 17.5 Å². The number of aryl methyl sites for hydroxylation is 2. The summed E-state index contributed by atoms with van der Waals surface area (Å²) in [5, 5.41) is 6.50. The predicted molar refractivity (Wildman–Crippen MR) is 147 cm³/mol. The summed E-state index contributed by atoms with van der Waals surface area (Å²) in [7, 11) is -3.76. The van der Waals surface area contributed by atoms with E-state index in [0.29, 0.717) is 17.2 Å². The first kappa shape index (κ1) is 24.5. The van der Waals surface area contributed by atoms with Crippen molar-refractivity contribution in [3.8, 4) is 11.5 Å². The van der Waals surface area contributed by atoms with Gasteiger partial charge in [-0.15, -0.1) is 0 Å². The van der Waals surface area contributed by atoms with Gasteiger partial charge >= 0.3 is 0 Å². The SMILES string of the molecule is C[C@@H](C(=O)N/N=C\c1ccc2c3c(cccc13)CC2)N(c1ccc(Oc2ccccc2)cc1)S(C)(=O)=O. The van der Waals surface area contributed by atoms with E-state index in [0.717, 1.165) is 34.4 Å². The van der Waals surface area contributed by atoms with Crippen LogP contribution in [0, 0.1) is 0 Å². The highest BCUT2D eigenvalue weighted by atomic mass is 32.2. The maximum absolute atomic E-state index is 12.9. The van der Waals surface area contributed by atoms with Gasteiger partial charge in [0.15, 0.2) is 0 Å². The van der Waals surface area contributed by atoms with Crippen molar-refractivity contribution < 1.29 is 17.9 Å². The molecule has 0 bridgehead atoms. The molecule has 0 radical (unpaired) electrons. The van der Waals surface area contributed by atoms with E-state index in [4.69, 9.17) is 4.74 Å². The van der Waals surface area contributed by atoms with Crippen molar-refractivity contribution in [1.82, 2.24) is 5.43 Å². The summed E-state index contributed by atoms with van der Waals surface area (Å²) < 4.78 is 32.1. The van der Waals surface area contributed by atoms with Gasteiger partial charge in [-0.2, -0.15) is 5.10 Å². The molecule has 0 saturated heterocycles. The zero-order valence-corrected chi connectivity index (χ0v) is 21.4. The Labute approximate surface area is 216 Å². The van der Waals surface area contributed by atoms with Crippen molar-refractivity contribution in [2.24, 2.45) is 5.10 Å². The molecule has 1 amide bonds. The number of nitrogens with zero attached hydrogens (tertiary/aromatic N) is 2. The van der Waals surface area contributed by atoms with Crippen LogP contribution in [0.3, 0.4) is 0 Å². The second kappa shape index (κ2) is 10.1. The second-order valence-corrected chi connectivity index (χ2v) is 10.9. The van der Waals surface area contributed by atoms with E-state index in [1.165, 1.54) is 23.4 Å². The lowest BCUT2D eigenvalue weighted by molar-refractivity contribution is -0.121. The van der Waals surface area contributed by atoms with E-state index in [-0.39, 0.29) is 0 Å². The molecule has 0 aliphatic heterocycles. The molecule has 0 heterocycles. The third kappa shape index (κ3) is 5.20. The van der Waals surface area contributed by atoms with Gasteiger partial charge in [-0.1, -0.05) is 48.5 Å².